The summed E-state index contributed by atoms with van der Waals surface area (Å²) in [5, 5.41) is 0. The van der Waals surface area contributed by atoms with E-state index in [0.29, 0.717) is 36.7 Å². The number of piperidine rings is 1. The number of allylic oxidation sites excluding steroid dienone is 1. The first-order chi connectivity index (χ1) is 12.9. The van der Waals surface area contributed by atoms with Gasteiger partial charge in [0, 0.05) is 38.2 Å². The molecule has 27 heavy (non-hydrogen) atoms. The van der Waals surface area contributed by atoms with Crippen molar-refractivity contribution in [1.29, 1.82) is 0 Å². The Kier molecular flexibility index (Phi) is 4.50. The van der Waals surface area contributed by atoms with E-state index in [-0.39, 0.29) is 23.8 Å². The van der Waals surface area contributed by atoms with Crippen LogP contribution < -0.4 is 0 Å². The van der Waals surface area contributed by atoms with E-state index in [1.807, 2.05) is 29.7 Å². The second-order valence-electron chi connectivity index (χ2n) is 7.83. The second kappa shape index (κ2) is 6.83. The van der Waals surface area contributed by atoms with Gasteiger partial charge in [0.15, 0.2) is 11.5 Å². The topological polar surface area (TPSA) is 66.7 Å². The molecule has 0 saturated carbocycles. The lowest BCUT2D eigenvalue weighted by Crippen LogP contribution is -2.48. The SMILES string of the molecule is CC(C)=CCN1C(=O)[C@@H]2CC[C@H]1CN(C(=O)c1ccc3nc(C)oc3c1)C2. The largest absolute Gasteiger partial charge is 0.441 e. The first kappa shape index (κ1) is 17.8. The van der Waals surface area contributed by atoms with E-state index in [0.717, 1.165) is 18.4 Å². The number of aromatic nitrogens is 1. The van der Waals surface area contributed by atoms with Crippen molar-refractivity contribution in [2.45, 2.75) is 39.7 Å². The lowest BCUT2D eigenvalue weighted by atomic mass is 9.94. The molecule has 6 heteroatoms. The molecule has 4 heterocycles. The predicted molar refractivity (Wildman–Crippen MR) is 102 cm³/mol. The number of fused-ring (bicyclic) bond motifs is 5. The Bertz CT molecular complexity index is 926. The van der Waals surface area contributed by atoms with Crippen molar-refractivity contribution < 1.29 is 14.0 Å². The summed E-state index contributed by atoms with van der Waals surface area (Å²) in [5.74, 6) is 0.623. The van der Waals surface area contributed by atoms with E-state index >= 15 is 0 Å². The Hall–Kier alpha value is -2.63. The van der Waals surface area contributed by atoms with Crippen LogP contribution in [0, 0.1) is 12.8 Å². The van der Waals surface area contributed by atoms with Crippen molar-refractivity contribution >= 4 is 22.9 Å². The third-order valence-electron chi connectivity index (χ3n) is 5.52. The Morgan fingerprint density at radius 1 is 1.30 bits per heavy atom. The van der Waals surface area contributed by atoms with Gasteiger partial charge in [-0.2, -0.15) is 0 Å². The van der Waals surface area contributed by atoms with Crippen LogP contribution in [0.3, 0.4) is 0 Å². The van der Waals surface area contributed by atoms with E-state index in [9.17, 15) is 9.59 Å². The average molecular weight is 367 g/mol. The van der Waals surface area contributed by atoms with Crippen molar-refractivity contribution in [3.63, 3.8) is 0 Å². The lowest BCUT2D eigenvalue weighted by Gasteiger charge is -2.35. The molecule has 3 saturated heterocycles. The zero-order chi connectivity index (χ0) is 19.1. The van der Waals surface area contributed by atoms with E-state index in [1.165, 1.54) is 5.57 Å². The Morgan fingerprint density at radius 2 is 2.11 bits per heavy atom. The Morgan fingerprint density at radius 3 is 2.89 bits per heavy atom. The molecule has 2 aromatic rings. The van der Waals surface area contributed by atoms with Crippen LogP contribution in [0.4, 0.5) is 0 Å². The maximum atomic E-state index is 13.1. The van der Waals surface area contributed by atoms with Crippen LogP contribution in [0.1, 0.15) is 42.9 Å². The maximum absolute atomic E-state index is 13.1. The Labute approximate surface area is 158 Å². The third kappa shape index (κ3) is 3.36. The summed E-state index contributed by atoms with van der Waals surface area (Å²) in [7, 11) is 0. The molecular weight excluding hydrogens is 342 g/mol. The molecule has 0 aliphatic carbocycles. The van der Waals surface area contributed by atoms with Crippen LogP contribution in [0.2, 0.25) is 0 Å². The standard InChI is InChI=1S/C21H25N3O3/c1-13(2)8-9-24-17-6-4-16(21(24)26)11-23(12-17)20(25)15-5-7-18-19(10-15)27-14(3)22-18/h5,7-8,10,16-17H,4,6,9,11-12H2,1-3H3/t16-,17+/m1/s1. The molecule has 3 fully saturated rings. The minimum Gasteiger partial charge on any atom is -0.441 e. The van der Waals surface area contributed by atoms with Gasteiger partial charge in [-0.1, -0.05) is 11.6 Å². The summed E-state index contributed by atoms with van der Waals surface area (Å²) in [6.07, 6.45) is 3.90. The van der Waals surface area contributed by atoms with E-state index in [1.54, 1.807) is 19.1 Å². The highest BCUT2D eigenvalue weighted by Crippen LogP contribution is 2.30. The fourth-order valence-electron chi connectivity index (χ4n) is 4.08. The molecule has 2 amide bonds. The van der Waals surface area contributed by atoms with Gasteiger partial charge in [-0.3, -0.25) is 9.59 Å². The summed E-state index contributed by atoms with van der Waals surface area (Å²) in [5.41, 5.74) is 3.16. The molecule has 3 aliphatic rings. The molecule has 1 aromatic carbocycles. The number of nitrogens with zero attached hydrogens (tertiary/aromatic N) is 3. The molecule has 5 rings (SSSR count). The van der Waals surface area contributed by atoms with Gasteiger partial charge in [0.2, 0.25) is 5.91 Å². The lowest BCUT2D eigenvalue weighted by molar-refractivity contribution is -0.139. The maximum Gasteiger partial charge on any atom is 0.254 e. The second-order valence-corrected chi connectivity index (χ2v) is 7.83. The van der Waals surface area contributed by atoms with Crippen LogP contribution >= 0.6 is 0 Å². The summed E-state index contributed by atoms with van der Waals surface area (Å²) < 4.78 is 5.56. The van der Waals surface area contributed by atoms with E-state index < -0.39 is 0 Å². The number of benzene rings is 1. The molecule has 3 aliphatic heterocycles. The van der Waals surface area contributed by atoms with Crippen LogP contribution in [0.15, 0.2) is 34.3 Å². The number of hydrogen-bond donors (Lipinski definition) is 0. The van der Waals surface area contributed by atoms with Crippen molar-refractivity contribution in [1.82, 2.24) is 14.8 Å². The minimum absolute atomic E-state index is 0.0419. The highest BCUT2D eigenvalue weighted by Gasteiger charge is 2.41. The third-order valence-corrected chi connectivity index (χ3v) is 5.52. The fourth-order valence-corrected chi connectivity index (χ4v) is 4.08. The van der Waals surface area contributed by atoms with Gasteiger partial charge in [-0.15, -0.1) is 0 Å². The molecule has 142 valence electrons. The van der Waals surface area contributed by atoms with Gasteiger partial charge in [-0.25, -0.2) is 4.98 Å². The minimum atomic E-state index is -0.102. The highest BCUT2D eigenvalue weighted by atomic mass is 16.3. The monoisotopic (exact) mass is 367 g/mol. The number of amides is 2. The van der Waals surface area contributed by atoms with Gasteiger partial charge in [0.1, 0.15) is 5.52 Å². The van der Waals surface area contributed by atoms with Crippen molar-refractivity contribution in [3.8, 4) is 0 Å². The van der Waals surface area contributed by atoms with Crippen molar-refractivity contribution in [2.24, 2.45) is 5.92 Å². The molecular formula is C21H25N3O3. The number of carbonyl (C=O) groups is 2. The number of carbonyl (C=O) groups excluding carboxylic acids is 2. The zero-order valence-corrected chi connectivity index (χ0v) is 16.1. The van der Waals surface area contributed by atoms with Crippen LogP contribution in [0.25, 0.3) is 11.1 Å². The first-order valence-corrected chi connectivity index (χ1v) is 9.52. The molecule has 0 radical (unpaired) electrons. The fraction of sp³-hybridized carbons (Fsp3) is 0.476. The van der Waals surface area contributed by atoms with Crippen LogP contribution in [-0.4, -0.2) is 52.3 Å². The number of aryl methyl sites for hydroxylation is 1. The normalized spacial score (nSPS) is 22.3. The summed E-state index contributed by atoms with van der Waals surface area (Å²) in [6.45, 7) is 7.59. The molecule has 1 aromatic heterocycles. The quantitative estimate of drug-likeness (QED) is 0.782. The summed E-state index contributed by atoms with van der Waals surface area (Å²) in [6, 6.07) is 5.46. The molecule has 2 bridgehead atoms. The van der Waals surface area contributed by atoms with Crippen molar-refractivity contribution in [3.05, 3.63) is 41.3 Å². The first-order valence-electron chi connectivity index (χ1n) is 9.52. The average Bonchev–Trinajstić information content (AvgIpc) is 2.80. The zero-order valence-electron chi connectivity index (χ0n) is 16.1. The smallest absolute Gasteiger partial charge is 0.254 e. The molecule has 2 atom stereocenters. The summed E-state index contributed by atoms with van der Waals surface area (Å²) >= 11 is 0. The Balaban J connectivity index is 1.58. The molecule has 6 nitrogen and oxygen atoms in total. The number of oxazole rings is 1. The van der Waals surface area contributed by atoms with E-state index in [2.05, 4.69) is 11.1 Å². The van der Waals surface area contributed by atoms with Crippen LogP contribution in [-0.2, 0) is 4.79 Å². The summed E-state index contributed by atoms with van der Waals surface area (Å²) in [4.78, 5) is 34.0. The molecule has 0 N–H and O–H groups in total. The number of hydrogen-bond acceptors (Lipinski definition) is 4. The molecule has 0 spiro atoms. The van der Waals surface area contributed by atoms with E-state index in [4.69, 9.17) is 4.42 Å². The predicted octanol–water partition coefficient (Wildman–Crippen LogP) is 3.17. The highest BCUT2D eigenvalue weighted by molar-refractivity contribution is 5.97. The van der Waals surface area contributed by atoms with Gasteiger partial charge in [0.25, 0.3) is 5.91 Å². The van der Waals surface area contributed by atoms with Crippen molar-refractivity contribution in [2.75, 3.05) is 19.6 Å². The van der Waals surface area contributed by atoms with Gasteiger partial charge in [0.05, 0.1) is 5.92 Å². The van der Waals surface area contributed by atoms with Gasteiger partial charge in [-0.05, 0) is 44.9 Å². The number of rotatable bonds is 3. The van der Waals surface area contributed by atoms with Gasteiger partial charge < -0.3 is 14.2 Å². The van der Waals surface area contributed by atoms with Gasteiger partial charge >= 0.3 is 0 Å². The van der Waals surface area contributed by atoms with Crippen LogP contribution in [0.5, 0.6) is 0 Å². The molecule has 0 unspecified atom stereocenters.